The van der Waals surface area contributed by atoms with Crippen LogP contribution in [-0.4, -0.2) is 52.8 Å². The van der Waals surface area contributed by atoms with E-state index >= 15 is 0 Å². The third-order valence-corrected chi connectivity index (χ3v) is 3.15. The van der Waals surface area contributed by atoms with Crippen molar-refractivity contribution in [2.24, 2.45) is 0 Å². The second-order valence-corrected chi connectivity index (χ2v) is 4.56. The number of ether oxygens (including phenoxy) is 1. The van der Waals surface area contributed by atoms with E-state index in [0.717, 1.165) is 5.56 Å². The van der Waals surface area contributed by atoms with E-state index < -0.39 is 18.3 Å². The molecule has 1 aliphatic rings. The maximum atomic E-state index is 9.75. The van der Waals surface area contributed by atoms with Crippen LogP contribution in [0.2, 0.25) is 0 Å². The molecule has 0 aromatic heterocycles. The van der Waals surface area contributed by atoms with Crippen LogP contribution in [0.1, 0.15) is 5.56 Å². The summed E-state index contributed by atoms with van der Waals surface area (Å²) >= 11 is 0. The van der Waals surface area contributed by atoms with Crippen molar-refractivity contribution in [1.82, 2.24) is 5.32 Å². The van der Waals surface area contributed by atoms with Gasteiger partial charge in [0.15, 0.2) is 0 Å². The summed E-state index contributed by atoms with van der Waals surface area (Å²) in [6.45, 7) is 1.02. The topological polar surface area (TPSA) is 82.0 Å². The number of hydrogen-bond donors (Lipinski definition) is 4. The molecule has 18 heavy (non-hydrogen) atoms. The smallest absolute Gasteiger partial charge is 0.109 e. The molecule has 0 spiro atoms. The minimum absolute atomic E-state index is 0.261. The number of hydrogen-bond acceptors (Lipinski definition) is 5. The average molecular weight is 253 g/mol. The molecule has 0 bridgehead atoms. The summed E-state index contributed by atoms with van der Waals surface area (Å²) in [7, 11) is 0. The van der Waals surface area contributed by atoms with Crippen LogP contribution in [0.15, 0.2) is 30.3 Å². The van der Waals surface area contributed by atoms with Gasteiger partial charge in [0, 0.05) is 6.54 Å². The Labute approximate surface area is 106 Å². The zero-order chi connectivity index (χ0) is 13.0. The van der Waals surface area contributed by atoms with Crippen molar-refractivity contribution in [1.29, 1.82) is 0 Å². The number of benzene rings is 1. The van der Waals surface area contributed by atoms with Crippen LogP contribution in [0.5, 0.6) is 0 Å². The molecule has 5 nitrogen and oxygen atoms in total. The maximum absolute atomic E-state index is 9.75. The summed E-state index contributed by atoms with van der Waals surface area (Å²) in [5.74, 6) is 0. The summed E-state index contributed by atoms with van der Waals surface area (Å²) in [5, 5.41) is 31.6. The van der Waals surface area contributed by atoms with E-state index in [1.807, 2.05) is 30.3 Å². The molecule has 0 aliphatic carbocycles. The van der Waals surface area contributed by atoms with Crippen molar-refractivity contribution in [3.8, 4) is 0 Å². The van der Waals surface area contributed by atoms with Crippen LogP contribution in [-0.2, 0) is 11.3 Å². The Balaban J connectivity index is 1.77. The molecular formula is C13H19NO4. The number of aliphatic hydroxyl groups is 3. The lowest BCUT2D eigenvalue weighted by atomic mass is 9.97. The normalized spacial score (nSPS) is 32.4. The van der Waals surface area contributed by atoms with E-state index in [4.69, 9.17) is 4.74 Å². The number of rotatable bonds is 4. The molecule has 1 aromatic rings. The molecule has 0 amide bonds. The molecule has 1 saturated heterocycles. The summed E-state index contributed by atoms with van der Waals surface area (Å²) < 4.78 is 5.50. The largest absolute Gasteiger partial charge is 0.389 e. The molecule has 0 saturated carbocycles. The van der Waals surface area contributed by atoms with Crippen molar-refractivity contribution in [2.45, 2.75) is 31.0 Å². The Morgan fingerprint density at radius 3 is 2.56 bits per heavy atom. The number of piperidine rings is 1. The molecular weight excluding hydrogens is 234 g/mol. The van der Waals surface area contributed by atoms with Gasteiger partial charge in [-0.05, 0) is 5.56 Å². The van der Waals surface area contributed by atoms with Crippen LogP contribution < -0.4 is 5.32 Å². The molecule has 1 aliphatic heterocycles. The lowest BCUT2D eigenvalue weighted by molar-refractivity contribution is -0.106. The third-order valence-electron chi connectivity index (χ3n) is 3.15. The Morgan fingerprint density at radius 2 is 1.83 bits per heavy atom. The van der Waals surface area contributed by atoms with Gasteiger partial charge in [-0.15, -0.1) is 0 Å². The molecule has 5 heteroatoms. The predicted molar refractivity (Wildman–Crippen MR) is 65.9 cm³/mol. The van der Waals surface area contributed by atoms with E-state index in [-0.39, 0.29) is 12.6 Å². The van der Waals surface area contributed by atoms with Crippen LogP contribution in [0.3, 0.4) is 0 Å². The third kappa shape index (κ3) is 3.28. The molecule has 4 atom stereocenters. The first-order chi connectivity index (χ1) is 8.68. The molecule has 100 valence electrons. The lowest BCUT2D eigenvalue weighted by Gasteiger charge is -2.35. The summed E-state index contributed by atoms with van der Waals surface area (Å²) in [4.78, 5) is 0. The molecule has 1 fully saturated rings. The lowest BCUT2D eigenvalue weighted by Crippen LogP contribution is -2.61. The van der Waals surface area contributed by atoms with Gasteiger partial charge in [-0.25, -0.2) is 0 Å². The average Bonchev–Trinajstić information content (AvgIpc) is 2.40. The zero-order valence-corrected chi connectivity index (χ0v) is 10.1. The molecule has 1 aromatic carbocycles. The van der Waals surface area contributed by atoms with E-state index in [1.54, 1.807) is 0 Å². The Bertz CT molecular complexity index is 359. The van der Waals surface area contributed by atoms with Crippen LogP contribution in [0, 0.1) is 0 Å². The first-order valence-electron chi connectivity index (χ1n) is 6.07. The van der Waals surface area contributed by atoms with Gasteiger partial charge in [0.1, 0.15) is 6.10 Å². The Hall–Kier alpha value is -0.980. The Kier molecular flexibility index (Phi) is 4.68. The van der Waals surface area contributed by atoms with Crippen molar-refractivity contribution in [2.75, 3.05) is 13.2 Å². The highest BCUT2D eigenvalue weighted by Gasteiger charge is 2.36. The number of nitrogens with one attached hydrogen (secondary N) is 1. The standard InChI is InChI=1S/C13H19NO4/c15-11-6-14-10(12(16)13(11)17)8-18-7-9-4-2-1-3-5-9/h1-5,10-17H,6-8H2/t10-,11+,12-,13-/m1/s1. The van der Waals surface area contributed by atoms with Crippen molar-refractivity contribution in [3.05, 3.63) is 35.9 Å². The molecule has 2 rings (SSSR count). The molecule has 0 radical (unpaired) electrons. The van der Waals surface area contributed by atoms with Crippen molar-refractivity contribution < 1.29 is 20.1 Å². The highest BCUT2D eigenvalue weighted by molar-refractivity contribution is 5.13. The first-order valence-corrected chi connectivity index (χ1v) is 6.07. The SMILES string of the molecule is O[C@H]1[C@H](O)[C@@H](COCc2ccccc2)NC[C@@H]1O. The first kappa shape index (κ1) is 13.5. The van der Waals surface area contributed by atoms with Gasteiger partial charge in [0.25, 0.3) is 0 Å². The molecule has 0 unspecified atom stereocenters. The second-order valence-electron chi connectivity index (χ2n) is 4.56. The predicted octanol–water partition coefficient (Wildman–Crippen LogP) is -0.742. The van der Waals surface area contributed by atoms with Gasteiger partial charge in [-0.1, -0.05) is 30.3 Å². The summed E-state index contributed by atoms with van der Waals surface area (Å²) in [6, 6.07) is 9.38. The van der Waals surface area contributed by atoms with Gasteiger partial charge in [-0.3, -0.25) is 0 Å². The van der Waals surface area contributed by atoms with Gasteiger partial charge in [-0.2, -0.15) is 0 Å². The van der Waals surface area contributed by atoms with E-state index in [9.17, 15) is 15.3 Å². The molecule has 1 heterocycles. The maximum Gasteiger partial charge on any atom is 0.109 e. The fraction of sp³-hybridized carbons (Fsp3) is 0.538. The van der Waals surface area contributed by atoms with Gasteiger partial charge < -0.3 is 25.4 Å². The van der Waals surface area contributed by atoms with E-state index in [2.05, 4.69) is 5.32 Å². The van der Waals surface area contributed by atoms with Crippen molar-refractivity contribution in [3.63, 3.8) is 0 Å². The second kappa shape index (κ2) is 6.26. The van der Waals surface area contributed by atoms with Gasteiger partial charge in [0.2, 0.25) is 0 Å². The fourth-order valence-electron chi connectivity index (χ4n) is 2.01. The summed E-state index contributed by atoms with van der Waals surface area (Å²) in [6.07, 6.45) is -3.05. The highest BCUT2D eigenvalue weighted by Crippen LogP contribution is 2.11. The van der Waals surface area contributed by atoms with Crippen molar-refractivity contribution >= 4 is 0 Å². The Morgan fingerprint density at radius 1 is 1.11 bits per heavy atom. The van der Waals surface area contributed by atoms with Gasteiger partial charge in [0.05, 0.1) is 31.5 Å². The zero-order valence-electron chi connectivity index (χ0n) is 10.1. The minimum atomic E-state index is -1.11. The minimum Gasteiger partial charge on any atom is -0.389 e. The van der Waals surface area contributed by atoms with E-state index in [0.29, 0.717) is 13.2 Å². The molecule has 4 N–H and O–H groups in total. The van der Waals surface area contributed by atoms with Crippen LogP contribution in [0.4, 0.5) is 0 Å². The van der Waals surface area contributed by atoms with Gasteiger partial charge >= 0.3 is 0 Å². The summed E-state index contributed by atoms with van der Waals surface area (Å²) in [5.41, 5.74) is 1.06. The van der Waals surface area contributed by atoms with E-state index in [1.165, 1.54) is 0 Å². The fourth-order valence-corrected chi connectivity index (χ4v) is 2.01. The van der Waals surface area contributed by atoms with Crippen LogP contribution >= 0.6 is 0 Å². The monoisotopic (exact) mass is 253 g/mol. The number of β-amino-alcohol motifs (C(OH)–C–C–N with tert-alkyl or cyclic N) is 1. The van der Waals surface area contributed by atoms with Crippen LogP contribution in [0.25, 0.3) is 0 Å². The quantitative estimate of drug-likeness (QED) is 0.568. The number of aliphatic hydroxyl groups excluding tert-OH is 3. The highest BCUT2D eigenvalue weighted by atomic mass is 16.5.